The van der Waals surface area contributed by atoms with Gasteiger partial charge in [-0.05, 0) is 55.7 Å². The summed E-state index contributed by atoms with van der Waals surface area (Å²) in [6.07, 6.45) is 6.87. The van der Waals surface area contributed by atoms with E-state index in [9.17, 15) is 0 Å². The van der Waals surface area contributed by atoms with Crippen molar-refractivity contribution in [2.24, 2.45) is 5.92 Å². The summed E-state index contributed by atoms with van der Waals surface area (Å²) in [5, 5.41) is 0.913. The van der Waals surface area contributed by atoms with Crippen molar-refractivity contribution in [3.8, 4) is 5.75 Å². The summed E-state index contributed by atoms with van der Waals surface area (Å²) in [7, 11) is 0. The minimum atomic E-state index is 0.422. The number of aryl methyl sites for hydroxylation is 2. The van der Waals surface area contributed by atoms with Gasteiger partial charge in [0, 0.05) is 5.33 Å². The van der Waals surface area contributed by atoms with Gasteiger partial charge in [-0.2, -0.15) is 0 Å². The van der Waals surface area contributed by atoms with Gasteiger partial charge in [0.2, 0.25) is 0 Å². The molecule has 19 heavy (non-hydrogen) atoms. The standard InChI is InChI=1S/C17H25BrO/c1-4-14-6-5-7-16(10-14)19-17-12(2)8-15(11-18)9-13(17)3/h8-9,14,16H,4-7,10-11H2,1-3H3. The first-order chi connectivity index (χ1) is 9.13. The largest absolute Gasteiger partial charge is 0.490 e. The number of hydrogen-bond donors (Lipinski definition) is 0. The molecule has 2 atom stereocenters. The van der Waals surface area contributed by atoms with Crippen LogP contribution in [0.3, 0.4) is 0 Å². The summed E-state index contributed by atoms with van der Waals surface area (Å²) in [4.78, 5) is 0. The average molecular weight is 325 g/mol. The molecule has 0 radical (unpaired) electrons. The lowest BCUT2D eigenvalue weighted by Gasteiger charge is -2.30. The fourth-order valence-corrected chi connectivity index (χ4v) is 3.51. The van der Waals surface area contributed by atoms with Gasteiger partial charge in [0.15, 0.2) is 0 Å². The molecule has 0 aliphatic heterocycles. The minimum absolute atomic E-state index is 0.422. The summed E-state index contributed by atoms with van der Waals surface area (Å²) in [6, 6.07) is 4.47. The highest BCUT2D eigenvalue weighted by molar-refractivity contribution is 9.08. The van der Waals surface area contributed by atoms with E-state index < -0.39 is 0 Å². The molecule has 0 amide bonds. The SMILES string of the molecule is CCC1CCCC(Oc2c(C)cc(CBr)cc2C)C1. The summed E-state index contributed by atoms with van der Waals surface area (Å²) in [5.41, 5.74) is 3.87. The van der Waals surface area contributed by atoms with Gasteiger partial charge < -0.3 is 4.74 Å². The van der Waals surface area contributed by atoms with E-state index in [1.807, 2.05) is 0 Å². The van der Waals surface area contributed by atoms with Crippen molar-refractivity contribution in [1.82, 2.24) is 0 Å². The maximum Gasteiger partial charge on any atom is 0.125 e. The van der Waals surface area contributed by atoms with Gasteiger partial charge in [-0.15, -0.1) is 0 Å². The second-order valence-electron chi connectivity index (χ2n) is 5.87. The minimum Gasteiger partial charge on any atom is -0.490 e. The van der Waals surface area contributed by atoms with Crippen molar-refractivity contribution >= 4 is 15.9 Å². The second-order valence-corrected chi connectivity index (χ2v) is 6.43. The summed E-state index contributed by atoms with van der Waals surface area (Å²) in [6.45, 7) is 6.62. The highest BCUT2D eigenvalue weighted by atomic mass is 79.9. The molecule has 0 heterocycles. The van der Waals surface area contributed by atoms with Crippen LogP contribution in [0.2, 0.25) is 0 Å². The Morgan fingerprint density at radius 3 is 2.47 bits per heavy atom. The van der Waals surface area contributed by atoms with Gasteiger partial charge in [-0.3, -0.25) is 0 Å². The molecule has 1 aliphatic rings. The fraction of sp³-hybridized carbons (Fsp3) is 0.647. The maximum atomic E-state index is 6.33. The summed E-state index contributed by atoms with van der Waals surface area (Å²) < 4.78 is 6.33. The van der Waals surface area contributed by atoms with Crippen LogP contribution in [0.15, 0.2) is 12.1 Å². The first-order valence-corrected chi connectivity index (χ1v) is 8.59. The van der Waals surface area contributed by atoms with E-state index >= 15 is 0 Å². The Bertz CT molecular complexity index is 404. The van der Waals surface area contributed by atoms with Crippen molar-refractivity contribution in [3.05, 3.63) is 28.8 Å². The molecule has 1 saturated carbocycles. The van der Waals surface area contributed by atoms with Crippen molar-refractivity contribution in [3.63, 3.8) is 0 Å². The predicted molar refractivity (Wildman–Crippen MR) is 85.2 cm³/mol. The van der Waals surface area contributed by atoms with E-state index in [1.54, 1.807) is 0 Å². The highest BCUT2D eigenvalue weighted by Gasteiger charge is 2.23. The van der Waals surface area contributed by atoms with Crippen molar-refractivity contribution in [1.29, 1.82) is 0 Å². The predicted octanol–water partition coefficient (Wildman–Crippen LogP) is 5.55. The van der Waals surface area contributed by atoms with Crippen LogP contribution in [0.1, 0.15) is 55.7 Å². The first-order valence-electron chi connectivity index (χ1n) is 7.46. The van der Waals surface area contributed by atoms with E-state index in [0.29, 0.717) is 6.10 Å². The Hall–Kier alpha value is -0.500. The van der Waals surface area contributed by atoms with Gasteiger partial charge in [0.1, 0.15) is 5.75 Å². The van der Waals surface area contributed by atoms with Gasteiger partial charge in [0.25, 0.3) is 0 Å². The Kier molecular flexibility index (Phi) is 5.32. The number of ether oxygens (including phenoxy) is 1. The van der Waals surface area contributed by atoms with Crippen LogP contribution in [0, 0.1) is 19.8 Å². The summed E-state index contributed by atoms with van der Waals surface area (Å²) in [5.74, 6) is 1.98. The average Bonchev–Trinajstić information content (AvgIpc) is 2.42. The van der Waals surface area contributed by atoms with Crippen LogP contribution in [0.25, 0.3) is 0 Å². The van der Waals surface area contributed by atoms with E-state index in [0.717, 1.165) is 17.0 Å². The zero-order valence-corrected chi connectivity index (χ0v) is 13.9. The van der Waals surface area contributed by atoms with Crippen molar-refractivity contribution < 1.29 is 4.74 Å². The Labute approximate surface area is 125 Å². The number of halogens is 1. The quantitative estimate of drug-likeness (QED) is 0.660. The molecule has 1 aliphatic carbocycles. The first kappa shape index (κ1) is 14.9. The molecule has 2 rings (SSSR count). The van der Waals surface area contributed by atoms with E-state index in [1.165, 1.54) is 48.8 Å². The molecule has 0 aromatic heterocycles. The van der Waals surface area contributed by atoms with Crippen LogP contribution in [-0.2, 0) is 5.33 Å². The number of hydrogen-bond acceptors (Lipinski definition) is 1. The molecule has 0 bridgehead atoms. The van der Waals surface area contributed by atoms with Gasteiger partial charge in [-0.1, -0.05) is 47.8 Å². The lowest BCUT2D eigenvalue weighted by molar-refractivity contribution is 0.120. The molecule has 2 heteroatoms. The highest BCUT2D eigenvalue weighted by Crippen LogP contribution is 2.33. The lowest BCUT2D eigenvalue weighted by atomic mass is 9.85. The Balaban J connectivity index is 2.10. The van der Waals surface area contributed by atoms with Crippen molar-refractivity contribution in [2.75, 3.05) is 0 Å². The topological polar surface area (TPSA) is 9.23 Å². The number of benzene rings is 1. The number of alkyl halides is 1. The molecule has 0 N–H and O–H groups in total. The third-order valence-electron chi connectivity index (χ3n) is 4.27. The molecule has 1 aromatic rings. The van der Waals surface area contributed by atoms with E-state index in [4.69, 9.17) is 4.74 Å². The molecule has 1 nitrogen and oxygen atoms in total. The zero-order valence-electron chi connectivity index (χ0n) is 12.3. The third kappa shape index (κ3) is 3.75. The van der Waals surface area contributed by atoms with Crippen molar-refractivity contribution in [2.45, 2.75) is 64.3 Å². The van der Waals surface area contributed by atoms with E-state index in [2.05, 4.69) is 48.8 Å². The van der Waals surface area contributed by atoms with Crippen LogP contribution in [0.4, 0.5) is 0 Å². The Morgan fingerprint density at radius 1 is 1.21 bits per heavy atom. The van der Waals surface area contributed by atoms with Gasteiger partial charge >= 0.3 is 0 Å². The second kappa shape index (κ2) is 6.78. The molecule has 1 fully saturated rings. The smallest absolute Gasteiger partial charge is 0.125 e. The maximum absolute atomic E-state index is 6.33. The van der Waals surface area contributed by atoms with Crippen LogP contribution >= 0.6 is 15.9 Å². The fourth-order valence-electron chi connectivity index (χ4n) is 3.19. The number of rotatable bonds is 4. The molecular weight excluding hydrogens is 300 g/mol. The molecule has 0 saturated heterocycles. The zero-order chi connectivity index (χ0) is 13.8. The summed E-state index contributed by atoms with van der Waals surface area (Å²) >= 11 is 3.53. The van der Waals surface area contributed by atoms with E-state index in [-0.39, 0.29) is 0 Å². The normalized spacial score (nSPS) is 23.4. The lowest BCUT2D eigenvalue weighted by Crippen LogP contribution is -2.25. The monoisotopic (exact) mass is 324 g/mol. The van der Waals surface area contributed by atoms with Crippen LogP contribution in [0.5, 0.6) is 5.75 Å². The van der Waals surface area contributed by atoms with Gasteiger partial charge in [0.05, 0.1) is 6.10 Å². The van der Waals surface area contributed by atoms with Crippen LogP contribution < -0.4 is 4.74 Å². The Morgan fingerprint density at radius 2 is 1.89 bits per heavy atom. The third-order valence-corrected chi connectivity index (χ3v) is 4.92. The van der Waals surface area contributed by atoms with Gasteiger partial charge in [-0.25, -0.2) is 0 Å². The molecule has 1 aromatic carbocycles. The molecule has 0 spiro atoms. The molecule has 106 valence electrons. The molecular formula is C17H25BrO. The molecule has 2 unspecified atom stereocenters. The van der Waals surface area contributed by atoms with Crippen LogP contribution in [-0.4, -0.2) is 6.10 Å².